The van der Waals surface area contributed by atoms with E-state index < -0.39 is 67.2 Å². The molecule has 1 aliphatic carbocycles. The molecule has 2 fully saturated rings. The average molecular weight is 629 g/mol. The number of anilines is 2. The van der Waals surface area contributed by atoms with Crippen molar-refractivity contribution in [2.24, 2.45) is 0 Å². The van der Waals surface area contributed by atoms with Gasteiger partial charge in [0.1, 0.15) is 34.2 Å². The maximum absolute atomic E-state index is 14.6. The molecule has 2 N–H and O–H groups in total. The highest BCUT2D eigenvalue weighted by molar-refractivity contribution is 6.31. The van der Waals surface area contributed by atoms with E-state index in [0.717, 1.165) is 22.0 Å². The molecule has 0 bridgehead atoms. The molecular formula is C29H26ClF3N7O4+. The van der Waals surface area contributed by atoms with E-state index in [1.807, 2.05) is 6.07 Å². The Hall–Kier alpha value is -4.61. The van der Waals surface area contributed by atoms with Gasteiger partial charge in [0.05, 0.1) is 11.3 Å². The molecule has 0 radical (unpaired) electrons. The molecule has 3 atom stereocenters. The van der Waals surface area contributed by atoms with Crippen molar-refractivity contribution in [3.05, 3.63) is 87.8 Å². The van der Waals surface area contributed by atoms with E-state index in [0.29, 0.717) is 0 Å². The zero-order valence-electron chi connectivity index (χ0n) is 23.0. The van der Waals surface area contributed by atoms with Gasteiger partial charge in [-0.05, 0) is 37.1 Å². The minimum Gasteiger partial charge on any atom is -0.383 e. The zero-order chi connectivity index (χ0) is 31.6. The summed E-state index contributed by atoms with van der Waals surface area (Å²) in [6.45, 7) is 0. The number of nitrogens with one attached hydrogen (secondary N) is 1. The minimum absolute atomic E-state index is 0.0152. The number of aliphatic hydroxyl groups excluding tert-OH is 1. The van der Waals surface area contributed by atoms with Crippen LogP contribution in [-0.2, 0) is 9.59 Å². The summed E-state index contributed by atoms with van der Waals surface area (Å²) in [5.41, 5.74) is -0.110. The van der Waals surface area contributed by atoms with Crippen LogP contribution in [0, 0.1) is 22.1 Å². The summed E-state index contributed by atoms with van der Waals surface area (Å²) < 4.78 is 42.3. The Kier molecular flexibility index (Phi) is 8.80. The number of nitroso groups, excluding NO2 is 1. The summed E-state index contributed by atoms with van der Waals surface area (Å²) in [4.78, 5) is 50.6. The van der Waals surface area contributed by atoms with Crippen LogP contribution in [0.1, 0.15) is 49.4 Å². The molecule has 3 aromatic rings. The molecule has 11 nitrogen and oxygen atoms in total. The number of hydrogen-bond acceptors (Lipinski definition) is 7. The largest absolute Gasteiger partial charge is 0.383 e. The Labute approximate surface area is 254 Å². The Balaban J connectivity index is 1.61. The summed E-state index contributed by atoms with van der Waals surface area (Å²) in [5.74, 6) is -5.69. The highest BCUT2D eigenvalue weighted by Gasteiger charge is 2.55. The van der Waals surface area contributed by atoms with E-state index in [1.165, 1.54) is 36.5 Å². The Morgan fingerprint density at radius 1 is 1.20 bits per heavy atom. The standard InChI is InChI=1S/C29H25ClF3N7O4/c30-22-7-2-1-6-21(22)25(26(42)36-18-8-11-29(32,33)12-9-18)39(20-5-3-4-17(31)14-20)40(44)24-15-23(41)27(43)38(24)28-35-13-10-19(16-34)37-28/h1-7,10,13-14,18,23-25,41H,8-9,11-12,15H2/p+1/t23-,24-,25-/m1/s1. The quantitative estimate of drug-likeness (QED) is 0.279. The van der Waals surface area contributed by atoms with Gasteiger partial charge in [-0.2, -0.15) is 5.26 Å². The van der Waals surface area contributed by atoms with E-state index >= 15 is 0 Å². The molecule has 1 saturated heterocycles. The third kappa shape index (κ3) is 6.34. The lowest BCUT2D eigenvalue weighted by molar-refractivity contribution is -0.599. The molecule has 1 aromatic heterocycles. The number of carbonyl (C=O) groups is 2. The number of amides is 2. The van der Waals surface area contributed by atoms with Crippen LogP contribution in [0.25, 0.3) is 0 Å². The summed E-state index contributed by atoms with van der Waals surface area (Å²) in [6.07, 6.45) is -3.41. The van der Waals surface area contributed by atoms with Gasteiger partial charge in [0.15, 0.2) is 6.04 Å². The number of carbonyl (C=O) groups excluding carboxylic acids is 2. The van der Waals surface area contributed by atoms with Crippen LogP contribution in [-0.4, -0.2) is 56.0 Å². The number of rotatable bonds is 8. The number of aromatic nitrogens is 2. The molecule has 2 aliphatic rings. The lowest BCUT2D eigenvalue weighted by atomic mass is 9.91. The summed E-state index contributed by atoms with van der Waals surface area (Å²) >= 11 is 6.52. The van der Waals surface area contributed by atoms with Crippen LogP contribution in [0.2, 0.25) is 5.02 Å². The average Bonchev–Trinajstić information content (AvgIpc) is 3.30. The van der Waals surface area contributed by atoms with Gasteiger partial charge in [0.25, 0.3) is 11.8 Å². The fourth-order valence-electron chi connectivity index (χ4n) is 5.35. The van der Waals surface area contributed by atoms with Crippen LogP contribution in [0.3, 0.4) is 0 Å². The molecule has 44 heavy (non-hydrogen) atoms. The third-order valence-corrected chi connectivity index (χ3v) is 7.87. The maximum Gasteiger partial charge on any atom is 0.321 e. The zero-order valence-corrected chi connectivity index (χ0v) is 23.7. The highest BCUT2D eigenvalue weighted by atomic mass is 35.5. The number of nitrogens with zero attached hydrogens (tertiary/aromatic N) is 6. The number of alkyl halides is 2. The fraction of sp³-hybridized carbons (Fsp3) is 0.345. The second kappa shape index (κ2) is 12.6. The van der Waals surface area contributed by atoms with Crippen molar-refractivity contribution in [3.8, 4) is 6.07 Å². The first-order valence-electron chi connectivity index (χ1n) is 13.7. The predicted molar refractivity (Wildman–Crippen MR) is 151 cm³/mol. The number of nitriles is 1. The lowest BCUT2D eigenvalue weighted by Gasteiger charge is -2.32. The number of hydrazine groups is 1. The van der Waals surface area contributed by atoms with E-state index in [1.54, 1.807) is 12.1 Å². The molecule has 2 heterocycles. The molecule has 1 saturated carbocycles. The highest BCUT2D eigenvalue weighted by Crippen LogP contribution is 2.37. The monoisotopic (exact) mass is 628 g/mol. The summed E-state index contributed by atoms with van der Waals surface area (Å²) in [7, 11) is 0. The van der Waals surface area contributed by atoms with E-state index in [-0.39, 0.29) is 45.6 Å². The van der Waals surface area contributed by atoms with Gasteiger partial charge in [-0.3, -0.25) is 9.59 Å². The minimum atomic E-state index is -2.85. The van der Waals surface area contributed by atoms with Gasteiger partial charge in [-0.25, -0.2) is 28.0 Å². The third-order valence-electron chi connectivity index (χ3n) is 7.52. The first-order chi connectivity index (χ1) is 21.0. The topological polar surface area (TPSA) is 143 Å². The van der Waals surface area contributed by atoms with Gasteiger partial charge < -0.3 is 10.4 Å². The molecule has 15 heteroatoms. The Morgan fingerprint density at radius 3 is 2.61 bits per heavy atom. The van der Waals surface area contributed by atoms with Crippen LogP contribution in [0.4, 0.5) is 24.8 Å². The van der Waals surface area contributed by atoms with E-state index in [4.69, 9.17) is 11.6 Å². The van der Waals surface area contributed by atoms with Crippen molar-refractivity contribution < 1.29 is 32.7 Å². The van der Waals surface area contributed by atoms with Crippen molar-refractivity contribution >= 4 is 35.1 Å². The fourth-order valence-corrected chi connectivity index (χ4v) is 5.58. The smallest absolute Gasteiger partial charge is 0.321 e. The van der Waals surface area contributed by atoms with Crippen molar-refractivity contribution in [2.45, 2.75) is 62.4 Å². The lowest BCUT2D eigenvalue weighted by Crippen LogP contribution is -2.54. The van der Waals surface area contributed by atoms with E-state index in [2.05, 4.69) is 15.3 Å². The molecule has 0 unspecified atom stereocenters. The second-order valence-electron chi connectivity index (χ2n) is 10.5. The second-order valence-corrected chi connectivity index (χ2v) is 10.9. The predicted octanol–water partition coefficient (Wildman–Crippen LogP) is 4.20. The Morgan fingerprint density at radius 2 is 1.93 bits per heavy atom. The number of benzene rings is 2. The van der Waals surface area contributed by atoms with E-state index in [9.17, 15) is 38.0 Å². The van der Waals surface area contributed by atoms with Gasteiger partial charge in [-0.1, -0.05) is 40.9 Å². The molecule has 2 aromatic carbocycles. The van der Waals surface area contributed by atoms with Crippen molar-refractivity contribution in [3.63, 3.8) is 0 Å². The van der Waals surface area contributed by atoms with Gasteiger partial charge >= 0.3 is 6.17 Å². The van der Waals surface area contributed by atoms with Gasteiger partial charge in [0, 0.05) is 41.7 Å². The van der Waals surface area contributed by atoms with Crippen molar-refractivity contribution in [2.75, 3.05) is 9.91 Å². The molecule has 5 rings (SSSR count). The van der Waals surface area contributed by atoms with Crippen LogP contribution in [0.5, 0.6) is 0 Å². The van der Waals surface area contributed by atoms with Crippen LogP contribution in [0.15, 0.2) is 60.8 Å². The molecule has 1 aliphatic heterocycles. The first kappa shape index (κ1) is 30.8. The Bertz CT molecular complexity index is 1630. The van der Waals surface area contributed by atoms with Gasteiger partial charge in [-0.15, -0.1) is 0 Å². The number of hydrogen-bond donors (Lipinski definition) is 2. The number of halogens is 4. The summed E-state index contributed by atoms with van der Waals surface area (Å²) in [5, 5.41) is 23.5. The van der Waals surface area contributed by atoms with Crippen molar-refractivity contribution in [1.82, 2.24) is 15.3 Å². The van der Waals surface area contributed by atoms with Crippen LogP contribution < -0.4 is 15.2 Å². The van der Waals surface area contributed by atoms with Crippen molar-refractivity contribution in [1.29, 1.82) is 5.26 Å². The molecule has 0 spiro atoms. The van der Waals surface area contributed by atoms with Gasteiger partial charge in [0.2, 0.25) is 11.9 Å². The maximum atomic E-state index is 14.6. The SMILES string of the molecule is N#Cc1ccnc(N2C(=O)[C@H](O)C[C@H]2[N+](=O)N(c2cccc(F)c2)[C@@H](C(=O)NC2CCC(F)(F)CC2)c2ccccc2Cl)n1. The van der Waals surface area contributed by atoms with Crippen LogP contribution >= 0.6 is 11.6 Å². The molecular weight excluding hydrogens is 603 g/mol. The first-order valence-corrected chi connectivity index (χ1v) is 14.0. The molecule has 2 amide bonds. The molecule has 228 valence electrons. The number of aliphatic hydroxyl groups is 1. The normalized spacial score (nSPS) is 20.5. The summed E-state index contributed by atoms with van der Waals surface area (Å²) in [6, 6.07) is 11.8.